The molecule has 0 bridgehead atoms. The van der Waals surface area contributed by atoms with Crippen molar-refractivity contribution >= 4 is 0 Å². The summed E-state index contributed by atoms with van der Waals surface area (Å²) in [4.78, 5) is 8.56. The quantitative estimate of drug-likeness (QED) is 0.824. The van der Waals surface area contributed by atoms with Gasteiger partial charge in [-0.25, -0.2) is 9.97 Å². The summed E-state index contributed by atoms with van der Waals surface area (Å²) < 4.78 is 4.38. The summed E-state index contributed by atoms with van der Waals surface area (Å²) in [7, 11) is 0. The average Bonchev–Trinajstić information content (AvgIpc) is 2.99. The molecule has 1 atom stereocenters. The Morgan fingerprint density at radius 1 is 1.21 bits per heavy atom. The fourth-order valence-electron chi connectivity index (χ4n) is 2.25. The van der Waals surface area contributed by atoms with Gasteiger partial charge in [0.1, 0.15) is 11.6 Å². The van der Waals surface area contributed by atoms with Crippen LogP contribution in [-0.2, 0) is 19.5 Å². The zero-order valence-corrected chi connectivity index (χ0v) is 12.0. The van der Waals surface area contributed by atoms with E-state index in [9.17, 15) is 0 Å². The van der Waals surface area contributed by atoms with E-state index in [1.165, 1.54) is 0 Å². The first-order valence-corrected chi connectivity index (χ1v) is 6.91. The number of aromatic nitrogens is 4. The van der Waals surface area contributed by atoms with Gasteiger partial charge in [-0.15, -0.1) is 0 Å². The number of nitrogens with one attached hydrogen (secondary N) is 1. The van der Waals surface area contributed by atoms with Crippen molar-refractivity contribution in [2.45, 2.75) is 46.3 Å². The molecule has 0 aromatic carbocycles. The van der Waals surface area contributed by atoms with Crippen molar-refractivity contribution in [2.24, 2.45) is 0 Å². The minimum absolute atomic E-state index is 0.434. The van der Waals surface area contributed by atoms with E-state index in [1.54, 1.807) is 0 Å². The van der Waals surface area contributed by atoms with Gasteiger partial charge < -0.3 is 14.5 Å². The fraction of sp³-hybridized carbons (Fsp3) is 0.571. The smallest absolute Gasteiger partial charge is 0.108 e. The molecule has 5 nitrogen and oxygen atoms in total. The second-order valence-corrected chi connectivity index (χ2v) is 4.87. The van der Waals surface area contributed by atoms with E-state index < -0.39 is 0 Å². The van der Waals surface area contributed by atoms with Crippen LogP contribution in [0.1, 0.15) is 25.5 Å². The summed E-state index contributed by atoms with van der Waals surface area (Å²) in [5, 5.41) is 3.54. The van der Waals surface area contributed by atoms with Crippen LogP contribution in [0.4, 0.5) is 0 Å². The molecule has 0 radical (unpaired) electrons. The molecule has 1 unspecified atom stereocenters. The maximum Gasteiger partial charge on any atom is 0.108 e. The van der Waals surface area contributed by atoms with Crippen LogP contribution in [0, 0.1) is 6.92 Å². The zero-order valence-electron chi connectivity index (χ0n) is 12.0. The molecule has 0 aliphatic heterocycles. The van der Waals surface area contributed by atoms with Crippen molar-refractivity contribution in [2.75, 3.05) is 6.54 Å². The molecule has 2 rings (SSSR count). The van der Waals surface area contributed by atoms with Crippen molar-refractivity contribution in [3.05, 3.63) is 36.4 Å². The summed E-state index contributed by atoms with van der Waals surface area (Å²) in [6, 6.07) is 0.434. The normalized spacial score (nSPS) is 12.8. The molecule has 19 heavy (non-hydrogen) atoms. The van der Waals surface area contributed by atoms with Crippen molar-refractivity contribution in [3.63, 3.8) is 0 Å². The maximum absolute atomic E-state index is 4.34. The van der Waals surface area contributed by atoms with Gasteiger partial charge in [0, 0.05) is 56.9 Å². The van der Waals surface area contributed by atoms with Crippen LogP contribution < -0.4 is 5.32 Å². The molecule has 0 saturated heterocycles. The molecule has 0 amide bonds. The molecule has 0 spiro atoms. The van der Waals surface area contributed by atoms with Gasteiger partial charge in [0.15, 0.2) is 0 Å². The highest BCUT2D eigenvalue weighted by Crippen LogP contribution is 2.00. The summed E-state index contributed by atoms with van der Waals surface area (Å²) >= 11 is 0. The summed E-state index contributed by atoms with van der Waals surface area (Å²) in [6.45, 7) is 9.25. The van der Waals surface area contributed by atoms with Gasteiger partial charge in [0.05, 0.1) is 0 Å². The fourth-order valence-corrected chi connectivity index (χ4v) is 2.25. The number of nitrogens with zero attached hydrogens (tertiary/aromatic N) is 4. The first-order valence-electron chi connectivity index (χ1n) is 6.91. The van der Waals surface area contributed by atoms with Gasteiger partial charge >= 0.3 is 0 Å². The van der Waals surface area contributed by atoms with E-state index in [0.717, 1.165) is 37.7 Å². The lowest BCUT2D eigenvalue weighted by Crippen LogP contribution is -2.33. The largest absolute Gasteiger partial charge is 0.334 e. The summed E-state index contributed by atoms with van der Waals surface area (Å²) in [6.07, 6.45) is 8.77. The molecule has 104 valence electrons. The Morgan fingerprint density at radius 2 is 1.95 bits per heavy atom. The van der Waals surface area contributed by atoms with E-state index in [-0.39, 0.29) is 0 Å². The Morgan fingerprint density at radius 3 is 2.63 bits per heavy atom. The van der Waals surface area contributed by atoms with Crippen molar-refractivity contribution in [1.29, 1.82) is 0 Å². The predicted molar refractivity (Wildman–Crippen MR) is 76.0 cm³/mol. The molecule has 0 aliphatic carbocycles. The van der Waals surface area contributed by atoms with E-state index >= 15 is 0 Å². The second-order valence-electron chi connectivity index (χ2n) is 4.87. The summed E-state index contributed by atoms with van der Waals surface area (Å²) in [5.74, 6) is 2.22. The monoisotopic (exact) mass is 261 g/mol. The van der Waals surface area contributed by atoms with Gasteiger partial charge in [0.2, 0.25) is 0 Å². The van der Waals surface area contributed by atoms with E-state index in [1.807, 2.05) is 25.5 Å². The van der Waals surface area contributed by atoms with Gasteiger partial charge in [0.25, 0.3) is 0 Å². The number of imidazole rings is 2. The molecule has 0 saturated carbocycles. The second kappa shape index (κ2) is 6.52. The Balaban J connectivity index is 1.76. The van der Waals surface area contributed by atoms with Crippen LogP contribution in [0.25, 0.3) is 0 Å². The third kappa shape index (κ3) is 3.67. The van der Waals surface area contributed by atoms with Gasteiger partial charge in [-0.3, -0.25) is 0 Å². The van der Waals surface area contributed by atoms with Gasteiger partial charge in [-0.2, -0.15) is 0 Å². The lowest BCUT2D eigenvalue weighted by molar-refractivity contribution is 0.452. The minimum Gasteiger partial charge on any atom is -0.334 e. The van der Waals surface area contributed by atoms with Gasteiger partial charge in [-0.05, 0) is 13.8 Å². The number of aryl methyl sites for hydroxylation is 2. The van der Waals surface area contributed by atoms with E-state index in [4.69, 9.17) is 0 Å². The Labute approximate surface area is 114 Å². The highest BCUT2D eigenvalue weighted by molar-refractivity contribution is 4.92. The number of hydrogen-bond acceptors (Lipinski definition) is 3. The molecule has 0 fully saturated rings. The first kappa shape index (κ1) is 13.8. The lowest BCUT2D eigenvalue weighted by Gasteiger charge is -2.16. The third-order valence-electron chi connectivity index (χ3n) is 3.36. The molecular formula is C14H23N5. The lowest BCUT2D eigenvalue weighted by atomic mass is 10.3. The molecule has 0 aliphatic rings. The van der Waals surface area contributed by atoms with Crippen LogP contribution >= 0.6 is 0 Å². The van der Waals surface area contributed by atoms with Crippen molar-refractivity contribution < 1.29 is 0 Å². The van der Waals surface area contributed by atoms with Crippen LogP contribution in [0.5, 0.6) is 0 Å². The highest BCUT2D eigenvalue weighted by atomic mass is 15.1. The summed E-state index contributed by atoms with van der Waals surface area (Å²) in [5.41, 5.74) is 0. The van der Waals surface area contributed by atoms with Gasteiger partial charge in [-0.1, -0.05) is 6.92 Å². The SMILES string of the molecule is CCc1nccn1CC(C)NCCn1ccnc1C. The maximum atomic E-state index is 4.34. The zero-order chi connectivity index (χ0) is 13.7. The van der Waals surface area contributed by atoms with Crippen LogP contribution in [0.3, 0.4) is 0 Å². The standard InChI is InChI=1S/C14H23N5/c1-4-14-17-7-10-19(14)11-12(2)15-5-8-18-9-6-16-13(18)3/h6-7,9-10,12,15H,4-5,8,11H2,1-3H3. The Hall–Kier alpha value is -1.62. The number of rotatable bonds is 7. The van der Waals surface area contributed by atoms with Crippen molar-refractivity contribution in [3.8, 4) is 0 Å². The topological polar surface area (TPSA) is 47.7 Å². The van der Waals surface area contributed by atoms with E-state index in [2.05, 4.69) is 44.5 Å². The molecule has 2 aromatic heterocycles. The van der Waals surface area contributed by atoms with Crippen molar-refractivity contribution in [1.82, 2.24) is 24.4 Å². The molecule has 5 heteroatoms. The third-order valence-corrected chi connectivity index (χ3v) is 3.36. The van der Waals surface area contributed by atoms with E-state index in [0.29, 0.717) is 6.04 Å². The Bertz CT molecular complexity index is 499. The van der Waals surface area contributed by atoms with Crippen LogP contribution in [0.15, 0.2) is 24.8 Å². The molecular weight excluding hydrogens is 238 g/mol. The average molecular weight is 261 g/mol. The first-order chi connectivity index (χ1) is 9.20. The molecule has 2 aromatic rings. The molecule has 2 heterocycles. The molecule has 1 N–H and O–H groups in total. The minimum atomic E-state index is 0.434. The highest BCUT2D eigenvalue weighted by Gasteiger charge is 2.06. The number of hydrogen-bond donors (Lipinski definition) is 1. The van der Waals surface area contributed by atoms with Crippen LogP contribution in [0.2, 0.25) is 0 Å². The Kier molecular flexibility index (Phi) is 4.74. The predicted octanol–water partition coefficient (Wildman–Crippen LogP) is 1.63. The van der Waals surface area contributed by atoms with Crippen LogP contribution in [-0.4, -0.2) is 31.7 Å².